The zero-order valence-electron chi connectivity index (χ0n) is 20.3. The van der Waals surface area contributed by atoms with Crippen molar-refractivity contribution in [2.24, 2.45) is 0 Å². The number of sulfonamides is 1. The van der Waals surface area contributed by atoms with Crippen LogP contribution in [0.25, 0.3) is 10.8 Å². The topological polar surface area (TPSA) is 124 Å². The summed E-state index contributed by atoms with van der Waals surface area (Å²) in [5.74, 6) is -1.33. The fourth-order valence-corrected chi connectivity index (χ4v) is 4.75. The predicted octanol–water partition coefficient (Wildman–Crippen LogP) is 3.80. The SMILES string of the molecule is CN(C)S(=O)(=O)c1ccc(CNC(=O)c2ccc3ccc(C(O)c4ccc(C(=O)O)cc4)cc3c2)cc1. The van der Waals surface area contributed by atoms with Crippen molar-refractivity contribution in [1.29, 1.82) is 0 Å². The summed E-state index contributed by atoms with van der Waals surface area (Å²) in [6.07, 6.45) is -0.955. The third-order valence-corrected chi connectivity index (χ3v) is 7.90. The third kappa shape index (κ3) is 5.69. The summed E-state index contributed by atoms with van der Waals surface area (Å²) >= 11 is 0. The Morgan fingerprint density at radius 3 is 2.03 bits per heavy atom. The fourth-order valence-electron chi connectivity index (χ4n) is 3.85. The van der Waals surface area contributed by atoms with Crippen LogP contribution in [0.5, 0.6) is 0 Å². The quantitative estimate of drug-likeness (QED) is 0.326. The van der Waals surface area contributed by atoms with E-state index in [4.69, 9.17) is 5.11 Å². The lowest BCUT2D eigenvalue weighted by molar-refractivity contribution is 0.0696. The van der Waals surface area contributed by atoms with Crippen molar-refractivity contribution in [1.82, 2.24) is 9.62 Å². The van der Waals surface area contributed by atoms with Gasteiger partial charge >= 0.3 is 5.97 Å². The average Bonchev–Trinajstić information content (AvgIpc) is 2.90. The van der Waals surface area contributed by atoms with Crippen LogP contribution in [0.1, 0.15) is 43.5 Å². The van der Waals surface area contributed by atoms with Gasteiger partial charge in [-0.3, -0.25) is 4.79 Å². The molecule has 37 heavy (non-hydrogen) atoms. The second kappa shape index (κ2) is 10.5. The van der Waals surface area contributed by atoms with Crippen molar-refractivity contribution in [3.8, 4) is 0 Å². The maximum atomic E-state index is 12.8. The lowest BCUT2D eigenvalue weighted by atomic mass is 9.97. The van der Waals surface area contributed by atoms with Gasteiger partial charge in [-0.2, -0.15) is 0 Å². The van der Waals surface area contributed by atoms with E-state index in [1.807, 2.05) is 12.1 Å². The molecule has 8 nitrogen and oxygen atoms in total. The molecule has 0 aliphatic heterocycles. The van der Waals surface area contributed by atoms with Crippen LogP contribution >= 0.6 is 0 Å². The van der Waals surface area contributed by atoms with Crippen molar-refractivity contribution in [2.45, 2.75) is 17.5 Å². The van der Waals surface area contributed by atoms with Crippen molar-refractivity contribution < 1.29 is 28.2 Å². The highest BCUT2D eigenvalue weighted by molar-refractivity contribution is 7.89. The van der Waals surface area contributed by atoms with E-state index in [2.05, 4.69) is 5.32 Å². The van der Waals surface area contributed by atoms with Crippen LogP contribution in [0.2, 0.25) is 0 Å². The van der Waals surface area contributed by atoms with Crippen LogP contribution in [0, 0.1) is 0 Å². The number of hydrogen-bond donors (Lipinski definition) is 3. The van der Waals surface area contributed by atoms with Gasteiger partial charge in [-0.25, -0.2) is 17.5 Å². The molecule has 4 aromatic carbocycles. The molecule has 4 rings (SSSR count). The van der Waals surface area contributed by atoms with Crippen LogP contribution in [-0.4, -0.2) is 48.9 Å². The van der Waals surface area contributed by atoms with Crippen LogP contribution in [0.15, 0.2) is 89.8 Å². The zero-order chi connectivity index (χ0) is 26.7. The van der Waals surface area contributed by atoms with E-state index in [0.717, 1.165) is 20.6 Å². The van der Waals surface area contributed by atoms with Gasteiger partial charge in [-0.1, -0.05) is 42.5 Å². The molecule has 0 heterocycles. The normalized spacial score (nSPS) is 12.4. The second-order valence-electron chi connectivity index (χ2n) is 8.77. The number of carboxylic acid groups (broad SMARTS) is 1. The molecule has 0 aromatic heterocycles. The Labute approximate surface area is 214 Å². The maximum Gasteiger partial charge on any atom is 0.335 e. The standard InChI is InChI=1S/C28H26N2O6S/c1-30(2)37(35,36)25-13-3-18(4-14-25)17-29-27(32)23-12-6-19-5-11-22(15-24(19)16-23)26(31)20-7-9-21(10-8-20)28(33)34/h3-16,26,31H,17H2,1-2H3,(H,29,32)(H,33,34). The molecule has 1 unspecified atom stereocenters. The number of benzene rings is 4. The van der Waals surface area contributed by atoms with E-state index in [1.165, 1.54) is 38.4 Å². The molecular weight excluding hydrogens is 492 g/mol. The number of aliphatic hydroxyl groups excluding tert-OH is 1. The monoisotopic (exact) mass is 518 g/mol. The number of amides is 1. The van der Waals surface area contributed by atoms with E-state index in [1.54, 1.807) is 48.5 Å². The van der Waals surface area contributed by atoms with Gasteiger partial charge in [0, 0.05) is 26.2 Å². The number of carboxylic acids is 1. The maximum absolute atomic E-state index is 12.8. The van der Waals surface area contributed by atoms with Gasteiger partial charge in [-0.05, 0) is 69.9 Å². The first-order chi connectivity index (χ1) is 17.6. The molecular formula is C28H26N2O6S. The Balaban J connectivity index is 1.48. The van der Waals surface area contributed by atoms with E-state index in [9.17, 15) is 23.1 Å². The highest BCUT2D eigenvalue weighted by atomic mass is 32.2. The van der Waals surface area contributed by atoms with Gasteiger partial charge in [0.2, 0.25) is 10.0 Å². The first kappa shape index (κ1) is 26.0. The average molecular weight is 519 g/mol. The number of nitrogens with one attached hydrogen (secondary N) is 1. The van der Waals surface area contributed by atoms with Gasteiger partial charge in [0.05, 0.1) is 10.5 Å². The summed E-state index contributed by atoms with van der Waals surface area (Å²) in [6.45, 7) is 0.226. The van der Waals surface area contributed by atoms with Crippen LogP contribution in [-0.2, 0) is 16.6 Å². The number of hydrogen-bond acceptors (Lipinski definition) is 5. The van der Waals surface area contributed by atoms with Crippen molar-refractivity contribution in [3.63, 3.8) is 0 Å². The van der Waals surface area contributed by atoms with Crippen LogP contribution < -0.4 is 5.32 Å². The molecule has 0 aliphatic rings. The number of carbonyl (C=O) groups excluding carboxylic acids is 1. The summed E-state index contributed by atoms with van der Waals surface area (Å²) < 4.78 is 25.6. The molecule has 0 saturated heterocycles. The van der Waals surface area contributed by atoms with Gasteiger partial charge in [0.15, 0.2) is 0 Å². The first-order valence-corrected chi connectivity index (χ1v) is 12.8. The molecule has 0 spiro atoms. The fraction of sp³-hybridized carbons (Fsp3) is 0.143. The molecule has 3 N–H and O–H groups in total. The Hall–Kier alpha value is -4.05. The summed E-state index contributed by atoms with van der Waals surface area (Å²) in [7, 11) is -0.582. The molecule has 1 amide bonds. The Morgan fingerprint density at radius 1 is 0.811 bits per heavy atom. The van der Waals surface area contributed by atoms with E-state index < -0.39 is 22.1 Å². The number of nitrogens with zero attached hydrogens (tertiary/aromatic N) is 1. The number of carbonyl (C=O) groups is 2. The largest absolute Gasteiger partial charge is 0.478 e. The smallest absolute Gasteiger partial charge is 0.335 e. The lowest BCUT2D eigenvalue weighted by Gasteiger charge is -2.13. The summed E-state index contributed by atoms with van der Waals surface area (Å²) in [5, 5.41) is 24.4. The predicted molar refractivity (Wildman–Crippen MR) is 140 cm³/mol. The minimum absolute atomic E-state index is 0.139. The highest BCUT2D eigenvalue weighted by Crippen LogP contribution is 2.26. The van der Waals surface area contributed by atoms with Gasteiger partial charge in [0.25, 0.3) is 5.91 Å². The Kier molecular flexibility index (Phi) is 7.40. The zero-order valence-corrected chi connectivity index (χ0v) is 21.1. The molecule has 0 fully saturated rings. The highest BCUT2D eigenvalue weighted by Gasteiger charge is 2.17. The van der Waals surface area contributed by atoms with E-state index >= 15 is 0 Å². The van der Waals surface area contributed by atoms with Crippen molar-refractivity contribution in [3.05, 3.63) is 113 Å². The van der Waals surface area contributed by atoms with Crippen molar-refractivity contribution in [2.75, 3.05) is 14.1 Å². The van der Waals surface area contributed by atoms with Gasteiger partial charge < -0.3 is 15.5 Å². The molecule has 9 heteroatoms. The third-order valence-electron chi connectivity index (χ3n) is 6.07. The molecule has 190 valence electrons. The van der Waals surface area contributed by atoms with E-state index in [-0.39, 0.29) is 22.9 Å². The molecule has 0 aliphatic carbocycles. The number of aromatic carboxylic acids is 1. The molecule has 0 radical (unpaired) electrons. The number of rotatable bonds is 8. The van der Waals surface area contributed by atoms with Crippen LogP contribution in [0.4, 0.5) is 0 Å². The number of aliphatic hydroxyl groups is 1. The van der Waals surface area contributed by atoms with Gasteiger partial charge in [0.1, 0.15) is 6.10 Å². The van der Waals surface area contributed by atoms with Crippen molar-refractivity contribution >= 4 is 32.7 Å². The first-order valence-electron chi connectivity index (χ1n) is 11.4. The minimum Gasteiger partial charge on any atom is -0.478 e. The van der Waals surface area contributed by atoms with E-state index in [0.29, 0.717) is 16.7 Å². The minimum atomic E-state index is -3.52. The number of fused-ring (bicyclic) bond motifs is 1. The molecule has 0 bridgehead atoms. The molecule has 0 saturated carbocycles. The van der Waals surface area contributed by atoms with Gasteiger partial charge in [-0.15, -0.1) is 0 Å². The summed E-state index contributed by atoms with van der Waals surface area (Å²) in [6, 6.07) is 23.1. The Bertz CT molecular complexity index is 1560. The lowest BCUT2D eigenvalue weighted by Crippen LogP contribution is -2.23. The Morgan fingerprint density at radius 2 is 1.41 bits per heavy atom. The van der Waals surface area contributed by atoms with Crippen LogP contribution in [0.3, 0.4) is 0 Å². The second-order valence-corrected chi connectivity index (χ2v) is 10.9. The summed E-state index contributed by atoms with van der Waals surface area (Å²) in [4.78, 5) is 24.0. The molecule has 4 aromatic rings. The molecule has 1 atom stereocenters. The summed E-state index contributed by atoms with van der Waals surface area (Å²) in [5.41, 5.74) is 2.51.